The molecule has 0 aliphatic rings. The van der Waals surface area contributed by atoms with Gasteiger partial charge in [-0.3, -0.25) is 23.6 Å². The maximum Gasteiger partial charge on any atom is 0.332 e. The molecule has 9 heteroatoms. The van der Waals surface area contributed by atoms with Crippen molar-refractivity contribution in [2.24, 2.45) is 20.0 Å². The molecule has 4 heterocycles. The fourth-order valence-electron chi connectivity index (χ4n) is 4.80. The summed E-state index contributed by atoms with van der Waals surface area (Å²) in [7, 11) is 3.44. The zero-order chi connectivity index (χ0) is 25.7. The Hall–Kier alpha value is -4.01. The van der Waals surface area contributed by atoms with E-state index in [1.165, 1.54) is 19.2 Å². The zero-order valence-corrected chi connectivity index (χ0v) is 21.1. The lowest BCUT2D eigenvalue weighted by atomic mass is 10.1. The minimum absolute atomic E-state index is 0.172. The normalized spacial score (nSPS) is 11.9. The van der Waals surface area contributed by atoms with Gasteiger partial charge in [-0.05, 0) is 53.8 Å². The lowest BCUT2D eigenvalue weighted by Crippen LogP contribution is -2.38. The Morgan fingerprint density at radius 2 is 1.86 bits per heavy atom. The van der Waals surface area contributed by atoms with Gasteiger partial charge in [-0.15, -0.1) is 0 Å². The molecule has 0 atom stereocenters. The largest absolute Gasteiger partial charge is 0.349 e. The Balaban J connectivity index is 1.86. The van der Waals surface area contributed by atoms with E-state index >= 15 is 0 Å². The SMILES string of the molecule is CCc1cc(-c2c3c(=O)n(C)c(=O)n(CC(C)C)c3nn2Cc2ccnc3ccc(F)cc23)n(C)c1. The van der Waals surface area contributed by atoms with Gasteiger partial charge in [0.05, 0.1) is 17.8 Å². The first-order chi connectivity index (χ1) is 17.2. The van der Waals surface area contributed by atoms with Gasteiger partial charge in [-0.1, -0.05) is 20.8 Å². The molecular formula is C27H29FN6O2. The quantitative estimate of drug-likeness (QED) is 0.364. The van der Waals surface area contributed by atoms with Crippen molar-refractivity contribution in [3.63, 3.8) is 0 Å². The van der Waals surface area contributed by atoms with E-state index in [2.05, 4.69) is 18.0 Å². The summed E-state index contributed by atoms with van der Waals surface area (Å²) >= 11 is 0. The van der Waals surface area contributed by atoms with Crippen LogP contribution in [0.2, 0.25) is 0 Å². The second kappa shape index (κ2) is 8.89. The summed E-state index contributed by atoms with van der Waals surface area (Å²) in [6, 6.07) is 8.38. The second-order valence-corrected chi connectivity index (χ2v) is 9.69. The first-order valence-electron chi connectivity index (χ1n) is 12.1. The molecule has 5 rings (SSSR count). The number of halogens is 1. The van der Waals surface area contributed by atoms with Crippen LogP contribution >= 0.6 is 0 Å². The number of aryl methyl sites for hydroxylation is 2. The Kier molecular flexibility index (Phi) is 5.86. The van der Waals surface area contributed by atoms with Gasteiger partial charge < -0.3 is 4.57 Å². The van der Waals surface area contributed by atoms with Crippen molar-refractivity contribution in [3.8, 4) is 11.4 Å². The predicted octanol–water partition coefficient (Wildman–Crippen LogP) is 3.86. The smallest absolute Gasteiger partial charge is 0.332 e. The maximum absolute atomic E-state index is 14.1. The fraction of sp³-hybridized carbons (Fsp3) is 0.333. The summed E-state index contributed by atoms with van der Waals surface area (Å²) in [5.41, 5.74) is 3.64. The minimum Gasteiger partial charge on any atom is -0.349 e. The number of nitrogens with zero attached hydrogens (tertiary/aromatic N) is 6. The summed E-state index contributed by atoms with van der Waals surface area (Å²) in [5.74, 6) is -0.178. The summed E-state index contributed by atoms with van der Waals surface area (Å²) in [4.78, 5) is 31.0. The molecule has 0 amide bonds. The average molecular weight is 489 g/mol. The first kappa shape index (κ1) is 23.7. The van der Waals surface area contributed by atoms with Crippen LogP contribution in [0.15, 0.2) is 52.3 Å². The molecule has 186 valence electrons. The molecule has 4 aromatic heterocycles. The van der Waals surface area contributed by atoms with Gasteiger partial charge in [0, 0.05) is 38.4 Å². The Bertz CT molecular complexity index is 1740. The van der Waals surface area contributed by atoms with E-state index in [0.717, 1.165) is 27.8 Å². The van der Waals surface area contributed by atoms with Gasteiger partial charge >= 0.3 is 5.69 Å². The number of benzene rings is 1. The third-order valence-electron chi connectivity index (χ3n) is 6.60. The topological polar surface area (TPSA) is 79.6 Å². The molecule has 0 unspecified atom stereocenters. The van der Waals surface area contributed by atoms with E-state index in [0.29, 0.717) is 34.2 Å². The zero-order valence-electron chi connectivity index (χ0n) is 21.1. The second-order valence-electron chi connectivity index (χ2n) is 9.69. The van der Waals surface area contributed by atoms with E-state index in [9.17, 15) is 14.0 Å². The predicted molar refractivity (Wildman–Crippen MR) is 139 cm³/mol. The van der Waals surface area contributed by atoms with Crippen LogP contribution in [0.25, 0.3) is 33.3 Å². The van der Waals surface area contributed by atoms with Gasteiger partial charge in [0.15, 0.2) is 5.65 Å². The van der Waals surface area contributed by atoms with Crippen LogP contribution < -0.4 is 11.2 Å². The van der Waals surface area contributed by atoms with Gasteiger partial charge in [-0.2, -0.15) is 5.10 Å². The van der Waals surface area contributed by atoms with E-state index < -0.39 is 5.69 Å². The van der Waals surface area contributed by atoms with Crippen LogP contribution in [0, 0.1) is 11.7 Å². The number of hydrogen-bond donors (Lipinski definition) is 0. The van der Waals surface area contributed by atoms with Crippen molar-refractivity contribution in [2.45, 2.75) is 40.3 Å². The van der Waals surface area contributed by atoms with Gasteiger partial charge in [0.1, 0.15) is 16.9 Å². The first-order valence-corrected chi connectivity index (χ1v) is 12.1. The van der Waals surface area contributed by atoms with Crippen LogP contribution in [0.3, 0.4) is 0 Å². The number of pyridine rings is 1. The van der Waals surface area contributed by atoms with Gasteiger partial charge in [0.25, 0.3) is 5.56 Å². The molecule has 0 radical (unpaired) electrons. The van der Waals surface area contributed by atoms with E-state index in [1.807, 2.05) is 37.7 Å². The van der Waals surface area contributed by atoms with E-state index in [-0.39, 0.29) is 23.8 Å². The summed E-state index contributed by atoms with van der Waals surface area (Å²) in [6.45, 7) is 6.81. The number of aromatic nitrogens is 6. The van der Waals surface area contributed by atoms with Crippen LogP contribution in [0.1, 0.15) is 31.9 Å². The highest BCUT2D eigenvalue weighted by atomic mass is 19.1. The monoisotopic (exact) mass is 488 g/mol. The van der Waals surface area contributed by atoms with Crippen molar-refractivity contribution in [1.29, 1.82) is 0 Å². The molecule has 0 N–H and O–H groups in total. The molecular weight excluding hydrogens is 459 g/mol. The maximum atomic E-state index is 14.1. The standard InChI is InChI=1S/C27H29FN6O2/c1-6-17-11-22(31(4)14-17)24-23-25(33(13-16(2)3)27(36)32(5)26(23)35)30-34(24)15-18-9-10-29-21-8-7-19(28)12-20(18)21/h7-12,14,16H,6,13,15H2,1-5H3. The van der Waals surface area contributed by atoms with Crippen LogP contribution in [0.4, 0.5) is 4.39 Å². The van der Waals surface area contributed by atoms with Crippen molar-refractivity contribution >= 4 is 21.9 Å². The van der Waals surface area contributed by atoms with Crippen LogP contribution in [0.5, 0.6) is 0 Å². The molecule has 0 bridgehead atoms. The molecule has 1 aromatic carbocycles. The molecule has 0 saturated carbocycles. The third kappa shape index (κ3) is 3.84. The highest BCUT2D eigenvalue weighted by Gasteiger charge is 2.24. The third-order valence-corrected chi connectivity index (χ3v) is 6.60. The highest BCUT2D eigenvalue weighted by Crippen LogP contribution is 2.30. The van der Waals surface area contributed by atoms with E-state index in [4.69, 9.17) is 5.10 Å². The summed E-state index contributed by atoms with van der Waals surface area (Å²) in [5, 5.41) is 5.92. The highest BCUT2D eigenvalue weighted by molar-refractivity contribution is 5.90. The molecule has 0 aliphatic carbocycles. The molecule has 36 heavy (non-hydrogen) atoms. The van der Waals surface area contributed by atoms with Crippen molar-refractivity contribution < 1.29 is 4.39 Å². The van der Waals surface area contributed by atoms with Crippen molar-refractivity contribution in [2.75, 3.05) is 0 Å². The number of hydrogen-bond acceptors (Lipinski definition) is 4. The summed E-state index contributed by atoms with van der Waals surface area (Å²) < 4.78 is 20.6. The molecule has 0 aliphatic heterocycles. The minimum atomic E-state index is -0.394. The Morgan fingerprint density at radius 1 is 1.08 bits per heavy atom. The lowest BCUT2D eigenvalue weighted by Gasteiger charge is -2.11. The van der Waals surface area contributed by atoms with Crippen LogP contribution in [-0.4, -0.2) is 28.5 Å². The molecule has 8 nitrogen and oxygen atoms in total. The number of rotatable bonds is 6. The fourth-order valence-corrected chi connectivity index (χ4v) is 4.80. The molecule has 0 spiro atoms. The van der Waals surface area contributed by atoms with Crippen LogP contribution in [-0.2, 0) is 33.6 Å². The van der Waals surface area contributed by atoms with Crippen molar-refractivity contribution in [1.82, 2.24) is 28.5 Å². The number of fused-ring (bicyclic) bond motifs is 2. The van der Waals surface area contributed by atoms with Gasteiger partial charge in [-0.25, -0.2) is 9.18 Å². The molecule has 0 fully saturated rings. The summed E-state index contributed by atoms with van der Waals surface area (Å²) in [6.07, 6.45) is 4.55. The Morgan fingerprint density at radius 3 is 2.56 bits per heavy atom. The molecule has 0 saturated heterocycles. The average Bonchev–Trinajstić information content (AvgIpc) is 3.40. The van der Waals surface area contributed by atoms with Gasteiger partial charge in [0.2, 0.25) is 0 Å². The van der Waals surface area contributed by atoms with Crippen molar-refractivity contribution in [3.05, 3.63) is 80.5 Å². The molecule has 5 aromatic rings. The van der Waals surface area contributed by atoms with E-state index in [1.54, 1.807) is 21.5 Å². The Labute approximate surface area is 207 Å². The lowest BCUT2D eigenvalue weighted by molar-refractivity contribution is 0.498.